The third kappa shape index (κ3) is 4.03. The maximum Gasteiger partial charge on any atom is 0.120 e. The summed E-state index contributed by atoms with van der Waals surface area (Å²) in [7, 11) is 2.18. The molecule has 28 heavy (non-hydrogen) atoms. The Balaban J connectivity index is 0.00000192. The fourth-order valence-electron chi connectivity index (χ4n) is 6.25. The minimum atomic E-state index is 0. The lowest BCUT2D eigenvalue weighted by Crippen LogP contribution is -2.53. The predicted octanol–water partition coefficient (Wildman–Crippen LogP) is 6.13. The van der Waals surface area contributed by atoms with Crippen molar-refractivity contribution in [2.24, 2.45) is 17.8 Å². The van der Waals surface area contributed by atoms with Crippen LogP contribution in [0.25, 0.3) is 0 Å². The van der Waals surface area contributed by atoms with Crippen LogP contribution in [-0.2, 0) is 6.42 Å². The van der Waals surface area contributed by atoms with Crippen molar-refractivity contribution < 1.29 is 4.74 Å². The van der Waals surface area contributed by atoms with Gasteiger partial charge in [0.2, 0.25) is 0 Å². The summed E-state index contributed by atoms with van der Waals surface area (Å²) in [4.78, 5) is 2.33. The summed E-state index contributed by atoms with van der Waals surface area (Å²) in [6.07, 6.45) is 9.34. The number of ether oxygens (including phenoxy) is 1. The van der Waals surface area contributed by atoms with Crippen molar-refractivity contribution in [3.63, 3.8) is 0 Å². The first kappa shape index (κ1) is 19.6. The normalized spacial score (nSPS) is 30.0. The van der Waals surface area contributed by atoms with Crippen molar-refractivity contribution in [2.45, 2.75) is 50.5 Å². The van der Waals surface area contributed by atoms with E-state index in [1.54, 1.807) is 0 Å². The number of hydrogen-bond acceptors (Lipinski definition) is 2. The summed E-state index contributed by atoms with van der Waals surface area (Å²) >= 11 is 0. The topological polar surface area (TPSA) is 12.5 Å². The lowest BCUT2D eigenvalue weighted by molar-refractivity contribution is -0.107. The second-order valence-electron chi connectivity index (χ2n) is 9.35. The quantitative estimate of drug-likeness (QED) is 0.580. The van der Waals surface area contributed by atoms with Crippen LogP contribution in [0.5, 0.6) is 5.75 Å². The van der Waals surface area contributed by atoms with Crippen LogP contribution in [0, 0.1) is 17.8 Å². The van der Waals surface area contributed by atoms with Gasteiger partial charge in [-0.2, -0.15) is 0 Å². The van der Waals surface area contributed by atoms with Gasteiger partial charge in [-0.25, -0.2) is 0 Å². The first-order chi connectivity index (χ1) is 13.2. The van der Waals surface area contributed by atoms with Crippen LogP contribution in [-0.4, -0.2) is 19.2 Å². The molecule has 150 valence electrons. The molecule has 0 aromatic heterocycles. The van der Waals surface area contributed by atoms with Gasteiger partial charge >= 0.3 is 0 Å². The summed E-state index contributed by atoms with van der Waals surface area (Å²) in [5.41, 5.74) is 2.81. The van der Waals surface area contributed by atoms with Crippen molar-refractivity contribution in [1.82, 2.24) is 0 Å². The fourth-order valence-corrected chi connectivity index (χ4v) is 6.25. The van der Waals surface area contributed by atoms with Gasteiger partial charge in [-0.05, 0) is 92.5 Å². The second kappa shape index (κ2) is 7.99. The first-order valence-electron chi connectivity index (χ1n) is 10.7. The van der Waals surface area contributed by atoms with E-state index in [9.17, 15) is 0 Å². The molecule has 0 heterocycles. The van der Waals surface area contributed by atoms with Gasteiger partial charge in [0, 0.05) is 19.3 Å². The number of benzene rings is 2. The number of halogens is 1. The van der Waals surface area contributed by atoms with E-state index in [1.807, 2.05) is 0 Å². The molecule has 0 unspecified atom stereocenters. The van der Waals surface area contributed by atoms with Crippen molar-refractivity contribution in [1.29, 1.82) is 0 Å². The number of nitrogens with zero attached hydrogens (tertiary/aromatic N) is 1. The highest BCUT2D eigenvalue weighted by atomic mass is 35.5. The van der Waals surface area contributed by atoms with E-state index >= 15 is 0 Å². The molecule has 0 amide bonds. The zero-order chi connectivity index (χ0) is 18.3. The van der Waals surface area contributed by atoms with Crippen molar-refractivity contribution in [3.8, 4) is 5.75 Å². The molecule has 2 aromatic carbocycles. The van der Waals surface area contributed by atoms with Gasteiger partial charge in [0.25, 0.3) is 0 Å². The predicted molar refractivity (Wildman–Crippen MR) is 119 cm³/mol. The molecule has 0 aliphatic heterocycles. The molecule has 4 bridgehead atoms. The van der Waals surface area contributed by atoms with Gasteiger partial charge in [0.05, 0.1) is 0 Å². The molecule has 0 radical (unpaired) electrons. The highest BCUT2D eigenvalue weighted by Crippen LogP contribution is 2.57. The van der Waals surface area contributed by atoms with Crippen molar-refractivity contribution in [3.05, 3.63) is 60.2 Å². The van der Waals surface area contributed by atoms with Gasteiger partial charge in [-0.1, -0.05) is 30.3 Å². The minimum absolute atomic E-state index is 0. The van der Waals surface area contributed by atoms with Crippen LogP contribution >= 0.6 is 12.4 Å². The number of rotatable bonds is 6. The largest absolute Gasteiger partial charge is 0.487 e. The number of hydrogen-bond donors (Lipinski definition) is 0. The Morgan fingerprint density at radius 1 is 0.857 bits per heavy atom. The van der Waals surface area contributed by atoms with Crippen LogP contribution < -0.4 is 9.64 Å². The first-order valence-corrected chi connectivity index (χ1v) is 10.7. The molecule has 4 aliphatic rings. The van der Waals surface area contributed by atoms with Crippen LogP contribution in [0.1, 0.15) is 44.1 Å². The van der Waals surface area contributed by atoms with Crippen LogP contribution in [0.4, 0.5) is 5.69 Å². The molecule has 0 saturated heterocycles. The van der Waals surface area contributed by atoms with E-state index in [2.05, 4.69) is 66.5 Å². The zero-order valence-electron chi connectivity index (χ0n) is 16.8. The Morgan fingerprint density at radius 3 is 2.00 bits per heavy atom. The lowest BCUT2D eigenvalue weighted by atomic mass is 9.54. The maximum atomic E-state index is 6.66. The molecule has 4 aliphatic carbocycles. The molecule has 3 heteroatoms. The van der Waals surface area contributed by atoms with E-state index in [-0.39, 0.29) is 18.0 Å². The Labute approximate surface area is 175 Å². The fraction of sp³-hybridized carbons (Fsp3) is 0.520. The third-order valence-corrected chi connectivity index (χ3v) is 7.17. The molecule has 4 fully saturated rings. The SMILES string of the molecule is CN(CCc1ccccc1)c1ccc(OC23CC4CC(CC(C4)C2)C3)cc1.Cl. The van der Waals surface area contributed by atoms with Gasteiger partial charge < -0.3 is 9.64 Å². The monoisotopic (exact) mass is 397 g/mol. The van der Waals surface area contributed by atoms with Gasteiger partial charge in [0.1, 0.15) is 11.4 Å². The van der Waals surface area contributed by atoms with Crippen LogP contribution in [0.15, 0.2) is 54.6 Å². The summed E-state index contributed by atoms with van der Waals surface area (Å²) in [6, 6.07) is 19.5. The summed E-state index contributed by atoms with van der Waals surface area (Å²) in [5.74, 6) is 3.86. The average molecular weight is 398 g/mol. The Morgan fingerprint density at radius 2 is 1.43 bits per heavy atom. The van der Waals surface area contributed by atoms with Crippen molar-refractivity contribution >= 4 is 18.1 Å². The van der Waals surface area contributed by atoms with E-state index in [4.69, 9.17) is 4.74 Å². The standard InChI is InChI=1S/C25H31NO.ClH/c1-26(12-11-19-5-3-2-4-6-19)23-7-9-24(10-8-23)27-25-16-20-13-21(17-25)15-22(14-20)18-25;/h2-10,20-22H,11-18H2,1H3;1H. The van der Waals surface area contributed by atoms with Crippen molar-refractivity contribution in [2.75, 3.05) is 18.5 Å². The molecular weight excluding hydrogens is 366 g/mol. The molecular formula is C25H32ClNO. The Kier molecular flexibility index (Phi) is 5.60. The lowest BCUT2D eigenvalue weighted by Gasteiger charge is -2.56. The van der Waals surface area contributed by atoms with E-state index in [0.717, 1.165) is 36.5 Å². The van der Waals surface area contributed by atoms with E-state index in [1.165, 1.54) is 49.8 Å². The summed E-state index contributed by atoms with van der Waals surface area (Å²) in [6.45, 7) is 1.03. The molecule has 6 rings (SSSR count). The number of likely N-dealkylation sites (N-methyl/N-ethyl adjacent to an activating group) is 1. The zero-order valence-corrected chi connectivity index (χ0v) is 17.7. The summed E-state index contributed by atoms with van der Waals surface area (Å²) < 4.78 is 6.66. The highest BCUT2D eigenvalue weighted by molar-refractivity contribution is 5.85. The molecule has 4 saturated carbocycles. The number of anilines is 1. The second-order valence-corrected chi connectivity index (χ2v) is 9.35. The van der Waals surface area contributed by atoms with Gasteiger partial charge in [-0.15, -0.1) is 12.4 Å². The van der Waals surface area contributed by atoms with E-state index < -0.39 is 0 Å². The van der Waals surface area contributed by atoms with Gasteiger partial charge in [0.15, 0.2) is 0 Å². The maximum absolute atomic E-state index is 6.66. The van der Waals surface area contributed by atoms with Crippen LogP contribution in [0.3, 0.4) is 0 Å². The molecule has 0 N–H and O–H groups in total. The third-order valence-electron chi connectivity index (χ3n) is 7.17. The Hall–Kier alpha value is -1.67. The average Bonchev–Trinajstić information content (AvgIpc) is 2.66. The minimum Gasteiger partial charge on any atom is -0.487 e. The highest BCUT2D eigenvalue weighted by Gasteiger charge is 2.52. The smallest absolute Gasteiger partial charge is 0.120 e. The molecule has 0 atom stereocenters. The van der Waals surface area contributed by atoms with Crippen LogP contribution in [0.2, 0.25) is 0 Å². The molecule has 2 aromatic rings. The molecule has 2 nitrogen and oxygen atoms in total. The Bertz CT molecular complexity index is 738. The van der Waals surface area contributed by atoms with Gasteiger partial charge in [-0.3, -0.25) is 0 Å². The molecule has 0 spiro atoms. The summed E-state index contributed by atoms with van der Waals surface area (Å²) in [5, 5.41) is 0. The van der Waals surface area contributed by atoms with E-state index in [0.29, 0.717) is 0 Å².